The molecule has 1 aromatic carbocycles. The molecule has 0 fully saturated rings. The second-order valence-corrected chi connectivity index (χ2v) is 2.70. The highest BCUT2D eigenvalue weighted by Gasteiger charge is 2.04. The van der Waals surface area contributed by atoms with Gasteiger partial charge in [-0.05, 0) is 18.6 Å². The summed E-state index contributed by atoms with van der Waals surface area (Å²) in [5.74, 6) is -0.522. The van der Waals surface area contributed by atoms with Crippen molar-refractivity contribution in [2.75, 3.05) is 14.2 Å². The van der Waals surface area contributed by atoms with E-state index in [1.54, 1.807) is 21.1 Å². The van der Waals surface area contributed by atoms with E-state index < -0.39 is 5.82 Å². The molecule has 14 heavy (non-hydrogen) atoms. The SMILES string of the molecule is COC.[B]c1ccc(F)c(C=O)c1C. The molecule has 0 N–H and O–H groups in total. The Morgan fingerprint density at radius 2 is 1.93 bits per heavy atom. The largest absolute Gasteiger partial charge is 0.388 e. The first-order valence-corrected chi connectivity index (χ1v) is 3.98. The van der Waals surface area contributed by atoms with Gasteiger partial charge < -0.3 is 4.74 Å². The van der Waals surface area contributed by atoms with Gasteiger partial charge in [0.05, 0.1) is 5.56 Å². The van der Waals surface area contributed by atoms with Gasteiger partial charge in [0.25, 0.3) is 0 Å². The number of methoxy groups -OCH3 is 1. The average molecular weight is 194 g/mol. The Hall–Kier alpha value is -1.16. The molecule has 0 aliphatic heterocycles. The number of benzene rings is 1. The number of rotatable bonds is 1. The number of hydrogen-bond donors (Lipinski definition) is 0. The zero-order chi connectivity index (χ0) is 11.1. The predicted octanol–water partition coefficient (Wildman–Crippen LogP) is 1.00. The highest BCUT2D eigenvalue weighted by molar-refractivity contribution is 6.33. The van der Waals surface area contributed by atoms with Crippen LogP contribution in [0.25, 0.3) is 0 Å². The second-order valence-electron chi connectivity index (χ2n) is 2.70. The lowest BCUT2D eigenvalue weighted by molar-refractivity contribution is 0.111. The average Bonchev–Trinajstić information content (AvgIpc) is 2.14. The Kier molecular flexibility index (Phi) is 5.80. The third-order valence-electron chi connectivity index (χ3n) is 1.62. The van der Waals surface area contributed by atoms with Crippen molar-refractivity contribution in [3.63, 3.8) is 0 Å². The lowest BCUT2D eigenvalue weighted by atomic mass is 9.88. The molecule has 4 heteroatoms. The Morgan fingerprint density at radius 3 is 2.29 bits per heavy atom. The molecule has 1 aromatic rings. The van der Waals surface area contributed by atoms with Crippen LogP contribution in [0, 0.1) is 12.7 Å². The molecule has 0 saturated heterocycles. The summed E-state index contributed by atoms with van der Waals surface area (Å²) in [6.45, 7) is 1.61. The van der Waals surface area contributed by atoms with Crippen LogP contribution in [0.3, 0.4) is 0 Å². The van der Waals surface area contributed by atoms with Gasteiger partial charge in [0.1, 0.15) is 13.7 Å². The van der Waals surface area contributed by atoms with E-state index >= 15 is 0 Å². The van der Waals surface area contributed by atoms with E-state index in [2.05, 4.69) is 4.74 Å². The van der Waals surface area contributed by atoms with Crippen molar-refractivity contribution < 1.29 is 13.9 Å². The summed E-state index contributed by atoms with van der Waals surface area (Å²) in [6, 6.07) is 2.63. The van der Waals surface area contributed by atoms with E-state index in [1.165, 1.54) is 12.1 Å². The number of carbonyl (C=O) groups excluding carboxylic acids is 1. The van der Waals surface area contributed by atoms with Gasteiger partial charge in [-0.1, -0.05) is 11.5 Å². The lowest BCUT2D eigenvalue weighted by Gasteiger charge is -2.02. The molecule has 0 atom stereocenters. The number of aldehydes is 1. The molecule has 0 unspecified atom stereocenters. The molecule has 0 spiro atoms. The molecule has 0 saturated carbocycles. The van der Waals surface area contributed by atoms with Crippen LogP contribution >= 0.6 is 0 Å². The van der Waals surface area contributed by atoms with Crippen LogP contribution in [-0.2, 0) is 4.74 Å². The normalized spacial score (nSPS) is 8.86. The molecule has 0 aliphatic carbocycles. The molecule has 0 heterocycles. The summed E-state index contributed by atoms with van der Waals surface area (Å²) in [6.07, 6.45) is 0.473. The van der Waals surface area contributed by atoms with Gasteiger partial charge in [-0.2, -0.15) is 0 Å². The van der Waals surface area contributed by atoms with Crippen LogP contribution < -0.4 is 5.46 Å². The zero-order valence-electron chi connectivity index (χ0n) is 8.50. The van der Waals surface area contributed by atoms with E-state index in [-0.39, 0.29) is 5.56 Å². The summed E-state index contributed by atoms with van der Waals surface area (Å²) in [7, 11) is 8.69. The van der Waals surface area contributed by atoms with E-state index in [0.717, 1.165) is 0 Å². The topological polar surface area (TPSA) is 26.3 Å². The summed E-state index contributed by atoms with van der Waals surface area (Å²) < 4.78 is 17.0. The molecule has 2 radical (unpaired) electrons. The fourth-order valence-electron chi connectivity index (χ4n) is 0.857. The minimum atomic E-state index is -0.522. The van der Waals surface area contributed by atoms with Crippen molar-refractivity contribution in [3.05, 3.63) is 29.1 Å². The van der Waals surface area contributed by atoms with Gasteiger partial charge in [0, 0.05) is 14.2 Å². The number of carbonyl (C=O) groups is 1. The quantitative estimate of drug-likeness (QED) is 0.492. The van der Waals surface area contributed by atoms with Crippen molar-refractivity contribution in [1.29, 1.82) is 0 Å². The van der Waals surface area contributed by atoms with E-state index in [1.807, 2.05) is 0 Å². The maximum absolute atomic E-state index is 12.7. The third kappa shape index (κ3) is 3.30. The minimum absolute atomic E-state index is 0.0463. The molecule has 74 valence electrons. The minimum Gasteiger partial charge on any atom is -0.388 e. The molecule has 0 amide bonds. The standard InChI is InChI=1S/C8H6BFO.C2H6O/c1-5-6(4-11)8(10)3-2-7(5)9;1-3-2/h2-4H,1H3;1-2H3. The van der Waals surface area contributed by atoms with Gasteiger partial charge in [-0.15, -0.1) is 0 Å². The second kappa shape index (κ2) is 6.32. The maximum atomic E-state index is 12.7. The molecule has 0 aromatic heterocycles. The highest BCUT2D eigenvalue weighted by Crippen LogP contribution is 2.06. The molecule has 0 aliphatic rings. The molecular weight excluding hydrogens is 182 g/mol. The molecule has 1 rings (SSSR count). The zero-order valence-corrected chi connectivity index (χ0v) is 8.50. The summed E-state index contributed by atoms with van der Waals surface area (Å²) in [5.41, 5.74) is 0.985. The van der Waals surface area contributed by atoms with Crippen LogP contribution in [0.1, 0.15) is 15.9 Å². The van der Waals surface area contributed by atoms with Crippen LogP contribution in [-0.4, -0.2) is 28.4 Å². The van der Waals surface area contributed by atoms with Crippen LogP contribution in [0.4, 0.5) is 4.39 Å². The highest BCUT2D eigenvalue weighted by atomic mass is 19.1. The first-order chi connectivity index (χ1) is 6.58. The summed E-state index contributed by atoms with van der Waals surface area (Å²) in [4.78, 5) is 10.3. The maximum Gasteiger partial charge on any atom is 0.153 e. The van der Waals surface area contributed by atoms with Crippen molar-refractivity contribution in [1.82, 2.24) is 0 Å². The van der Waals surface area contributed by atoms with Crippen LogP contribution in [0.2, 0.25) is 0 Å². The third-order valence-corrected chi connectivity index (χ3v) is 1.62. The van der Waals surface area contributed by atoms with Crippen molar-refractivity contribution in [2.45, 2.75) is 6.92 Å². The number of hydrogen-bond acceptors (Lipinski definition) is 2. The van der Waals surface area contributed by atoms with E-state index in [0.29, 0.717) is 17.3 Å². The lowest BCUT2D eigenvalue weighted by Crippen LogP contribution is -2.11. The van der Waals surface area contributed by atoms with Crippen LogP contribution in [0.15, 0.2) is 12.1 Å². The Bertz CT molecular complexity index is 313. The first-order valence-electron chi connectivity index (χ1n) is 3.98. The first kappa shape index (κ1) is 12.8. The van der Waals surface area contributed by atoms with E-state index in [9.17, 15) is 9.18 Å². The number of halogens is 1. The van der Waals surface area contributed by atoms with Gasteiger partial charge in [0.15, 0.2) is 6.29 Å². The van der Waals surface area contributed by atoms with Gasteiger partial charge in [-0.25, -0.2) is 4.39 Å². The summed E-state index contributed by atoms with van der Waals surface area (Å²) >= 11 is 0. The van der Waals surface area contributed by atoms with Gasteiger partial charge >= 0.3 is 0 Å². The molecule has 2 nitrogen and oxygen atoms in total. The van der Waals surface area contributed by atoms with Gasteiger partial charge in [-0.3, -0.25) is 4.79 Å². The Morgan fingerprint density at radius 1 is 1.43 bits per heavy atom. The fraction of sp³-hybridized carbons (Fsp3) is 0.300. The van der Waals surface area contributed by atoms with Crippen molar-refractivity contribution >= 4 is 19.6 Å². The molecular formula is C10H12BFO2. The Labute approximate surface area is 84.5 Å². The predicted molar refractivity (Wildman–Crippen MR) is 54.8 cm³/mol. The molecule has 0 bridgehead atoms. The number of ether oxygens (including phenoxy) is 1. The smallest absolute Gasteiger partial charge is 0.153 e. The van der Waals surface area contributed by atoms with Crippen LogP contribution in [0.5, 0.6) is 0 Å². The van der Waals surface area contributed by atoms with Gasteiger partial charge in [0.2, 0.25) is 0 Å². The fourth-order valence-corrected chi connectivity index (χ4v) is 0.857. The van der Waals surface area contributed by atoms with E-state index in [4.69, 9.17) is 7.85 Å². The summed E-state index contributed by atoms with van der Waals surface area (Å²) in [5, 5.41) is 0. The van der Waals surface area contributed by atoms with Crippen molar-refractivity contribution in [3.8, 4) is 0 Å². The monoisotopic (exact) mass is 194 g/mol. The van der Waals surface area contributed by atoms with Crippen molar-refractivity contribution in [2.24, 2.45) is 0 Å². The Balaban J connectivity index is 0.000000500.